The van der Waals surface area contributed by atoms with Gasteiger partial charge in [-0.15, -0.1) is 0 Å². The Kier molecular flexibility index (Phi) is 5.45. The number of hydrogen-bond acceptors (Lipinski definition) is 5. The van der Waals surface area contributed by atoms with Crippen molar-refractivity contribution in [2.75, 3.05) is 18.9 Å². The van der Waals surface area contributed by atoms with E-state index < -0.39 is 10.0 Å². The summed E-state index contributed by atoms with van der Waals surface area (Å²) in [5, 5.41) is 0.790. The number of hydrogen-bond donors (Lipinski definition) is 2. The van der Waals surface area contributed by atoms with Crippen LogP contribution in [0, 0.1) is 5.41 Å². The number of Topliss-reactive ketones (excluding diaryl/α,β-unsaturated/α-hetero) is 1. The van der Waals surface area contributed by atoms with Gasteiger partial charge in [0.25, 0.3) is 10.0 Å². The number of methoxy groups -OCH3 is 2. The van der Waals surface area contributed by atoms with E-state index in [0.717, 1.165) is 17.5 Å². The van der Waals surface area contributed by atoms with Crippen LogP contribution in [0.25, 0.3) is 10.9 Å². The van der Waals surface area contributed by atoms with E-state index in [1.54, 1.807) is 24.3 Å². The first kappa shape index (κ1) is 22.2. The second-order valence-corrected chi connectivity index (χ2v) is 10.6. The van der Waals surface area contributed by atoms with Gasteiger partial charge in [-0.05, 0) is 48.1 Å². The van der Waals surface area contributed by atoms with Crippen LogP contribution in [-0.2, 0) is 22.9 Å². The van der Waals surface area contributed by atoms with Gasteiger partial charge in [-0.3, -0.25) is 9.52 Å². The minimum absolute atomic E-state index is 0.0984. The first-order valence-electron chi connectivity index (χ1n) is 10.5. The Morgan fingerprint density at radius 2 is 1.84 bits per heavy atom. The summed E-state index contributed by atoms with van der Waals surface area (Å²) < 4.78 is 39.9. The van der Waals surface area contributed by atoms with E-state index in [0.29, 0.717) is 46.7 Å². The zero-order chi connectivity index (χ0) is 23.3. The lowest BCUT2D eigenvalue weighted by Crippen LogP contribution is -2.26. The molecule has 0 saturated carbocycles. The normalized spacial score (nSPS) is 15.5. The van der Waals surface area contributed by atoms with Crippen molar-refractivity contribution in [3.8, 4) is 11.5 Å². The molecule has 0 fully saturated rings. The number of benzene rings is 2. The number of carbonyl (C=O) groups is 1. The van der Waals surface area contributed by atoms with Crippen LogP contribution in [-0.4, -0.2) is 33.4 Å². The maximum Gasteiger partial charge on any atom is 0.262 e. The van der Waals surface area contributed by atoms with Gasteiger partial charge in [-0.2, -0.15) is 0 Å². The summed E-state index contributed by atoms with van der Waals surface area (Å²) >= 11 is 0. The number of anilines is 1. The van der Waals surface area contributed by atoms with Crippen LogP contribution >= 0.6 is 0 Å². The van der Waals surface area contributed by atoms with Gasteiger partial charge in [0.05, 0.1) is 24.8 Å². The average Bonchev–Trinajstić information content (AvgIpc) is 3.08. The highest BCUT2D eigenvalue weighted by Crippen LogP contribution is 2.39. The van der Waals surface area contributed by atoms with Gasteiger partial charge in [0.2, 0.25) is 0 Å². The smallest absolute Gasteiger partial charge is 0.262 e. The van der Waals surface area contributed by atoms with Gasteiger partial charge >= 0.3 is 0 Å². The molecule has 7 nitrogen and oxygen atoms in total. The minimum atomic E-state index is -3.91. The number of H-pyrrole nitrogens is 1. The molecule has 1 aliphatic rings. The predicted octanol–water partition coefficient (Wildman–Crippen LogP) is 4.70. The number of aryl methyl sites for hydroxylation is 1. The summed E-state index contributed by atoms with van der Waals surface area (Å²) in [4.78, 5) is 16.3. The molecule has 0 spiro atoms. The van der Waals surface area contributed by atoms with Gasteiger partial charge in [-0.1, -0.05) is 20.8 Å². The van der Waals surface area contributed by atoms with Gasteiger partial charge in [-0.25, -0.2) is 8.42 Å². The number of fused-ring (bicyclic) bond motifs is 3. The standard InChI is InChI=1S/C24H28N2O5S/c1-6-14-9-16-18(25-19-12-24(2,3)13-20(27)23(16)19)11-22(14)32(28,29)26-17-8-7-15(30-4)10-21(17)31-5/h7-11,25-26H,6,12-13H2,1-5H3. The first-order chi connectivity index (χ1) is 15.1. The number of ether oxygens (including phenoxy) is 2. The number of sulfonamides is 1. The topological polar surface area (TPSA) is 97.5 Å². The van der Waals surface area contributed by atoms with E-state index in [1.165, 1.54) is 14.2 Å². The van der Waals surface area contributed by atoms with E-state index >= 15 is 0 Å². The maximum atomic E-state index is 13.4. The van der Waals surface area contributed by atoms with Gasteiger partial charge in [0, 0.05) is 34.6 Å². The minimum Gasteiger partial charge on any atom is -0.497 e. The third-order valence-electron chi connectivity index (χ3n) is 5.95. The number of ketones is 1. The zero-order valence-corrected chi connectivity index (χ0v) is 19.8. The summed E-state index contributed by atoms with van der Waals surface area (Å²) in [6, 6.07) is 8.35. The Bertz CT molecular complexity index is 1320. The number of carbonyl (C=O) groups excluding carboxylic acids is 1. The summed E-state index contributed by atoms with van der Waals surface area (Å²) in [6.45, 7) is 6.04. The first-order valence-corrected chi connectivity index (χ1v) is 12.0. The van der Waals surface area contributed by atoms with Crippen molar-refractivity contribution < 1.29 is 22.7 Å². The van der Waals surface area contributed by atoms with E-state index in [-0.39, 0.29) is 16.1 Å². The van der Waals surface area contributed by atoms with E-state index in [2.05, 4.69) is 23.6 Å². The van der Waals surface area contributed by atoms with Gasteiger partial charge in [0.15, 0.2) is 5.78 Å². The molecule has 1 aromatic heterocycles. The fourth-order valence-electron chi connectivity index (χ4n) is 4.45. The van der Waals surface area contributed by atoms with Crippen molar-refractivity contribution in [1.82, 2.24) is 4.98 Å². The van der Waals surface area contributed by atoms with Crippen molar-refractivity contribution in [3.05, 3.63) is 47.2 Å². The molecule has 0 unspecified atom stereocenters. The fourth-order valence-corrected chi connectivity index (χ4v) is 5.84. The molecule has 0 atom stereocenters. The van der Waals surface area contributed by atoms with Crippen molar-refractivity contribution in [3.63, 3.8) is 0 Å². The third kappa shape index (κ3) is 3.83. The Balaban J connectivity index is 1.81. The van der Waals surface area contributed by atoms with Crippen LogP contribution in [0.4, 0.5) is 5.69 Å². The monoisotopic (exact) mass is 456 g/mol. The number of nitrogens with one attached hydrogen (secondary N) is 2. The Labute approximate surface area is 188 Å². The van der Waals surface area contributed by atoms with E-state index in [4.69, 9.17) is 9.47 Å². The molecule has 2 aromatic carbocycles. The summed E-state index contributed by atoms with van der Waals surface area (Å²) in [5.74, 6) is 1.02. The van der Waals surface area contributed by atoms with Crippen LogP contribution in [0.2, 0.25) is 0 Å². The largest absolute Gasteiger partial charge is 0.497 e. The molecule has 32 heavy (non-hydrogen) atoms. The van der Waals surface area contributed by atoms with Gasteiger partial charge in [0.1, 0.15) is 11.5 Å². The molecule has 1 aliphatic carbocycles. The molecule has 1 heterocycles. The third-order valence-corrected chi connectivity index (χ3v) is 7.40. The van der Waals surface area contributed by atoms with Crippen LogP contribution in [0.5, 0.6) is 11.5 Å². The van der Waals surface area contributed by atoms with Crippen LogP contribution in [0.15, 0.2) is 35.2 Å². The fraction of sp³-hybridized carbons (Fsp3) is 0.375. The predicted molar refractivity (Wildman–Crippen MR) is 124 cm³/mol. The Morgan fingerprint density at radius 3 is 2.50 bits per heavy atom. The molecule has 0 aliphatic heterocycles. The highest BCUT2D eigenvalue weighted by Gasteiger charge is 2.34. The lowest BCUT2D eigenvalue weighted by molar-refractivity contribution is 0.0913. The van der Waals surface area contributed by atoms with Crippen molar-refractivity contribution >= 4 is 32.4 Å². The lowest BCUT2D eigenvalue weighted by atomic mass is 9.76. The summed E-state index contributed by atoms with van der Waals surface area (Å²) in [7, 11) is -0.912. The highest BCUT2D eigenvalue weighted by molar-refractivity contribution is 7.92. The highest BCUT2D eigenvalue weighted by atomic mass is 32.2. The molecule has 4 rings (SSSR count). The van der Waals surface area contributed by atoms with Gasteiger partial charge < -0.3 is 14.5 Å². The molecule has 2 N–H and O–H groups in total. The second kappa shape index (κ2) is 7.85. The molecule has 0 radical (unpaired) electrons. The Morgan fingerprint density at radius 1 is 1.09 bits per heavy atom. The zero-order valence-electron chi connectivity index (χ0n) is 19.0. The number of aromatic amines is 1. The van der Waals surface area contributed by atoms with Crippen molar-refractivity contribution in [2.24, 2.45) is 5.41 Å². The Hall–Kier alpha value is -3.00. The molecular formula is C24H28N2O5S. The quantitative estimate of drug-likeness (QED) is 0.560. The molecule has 170 valence electrons. The molecule has 0 amide bonds. The average molecular weight is 457 g/mol. The van der Waals surface area contributed by atoms with E-state index in [9.17, 15) is 13.2 Å². The van der Waals surface area contributed by atoms with Crippen LogP contribution in [0.1, 0.15) is 48.8 Å². The molecular weight excluding hydrogens is 428 g/mol. The van der Waals surface area contributed by atoms with E-state index in [1.807, 2.05) is 13.0 Å². The molecule has 0 bridgehead atoms. The second-order valence-electron chi connectivity index (χ2n) is 8.95. The number of rotatable bonds is 6. The molecule has 0 saturated heterocycles. The molecule has 8 heteroatoms. The van der Waals surface area contributed by atoms with Crippen LogP contribution < -0.4 is 14.2 Å². The lowest BCUT2D eigenvalue weighted by Gasteiger charge is -2.28. The van der Waals surface area contributed by atoms with Crippen molar-refractivity contribution in [1.29, 1.82) is 0 Å². The maximum absolute atomic E-state index is 13.4. The number of aromatic nitrogens is 1. The van der Waals surface area contributed by atoms with Crippen molar-refractivity contribution in [2.45, 2.75) is 44.9 Å². The van der Waals surface area contributed by atoms with Crippen LogP contribution in [0.3, 0.4) is 0 Å². The SMILES string of the molecule is CCc1cc2c3c([nH]c2cc1S(=O)(=O)Nc1ccc(OC)cc1OC)CC(C)(C)CC3=O. The summed E-state index contributed by atoms with van der Waals surface area (Å²) in [5.41, 5.74) is 3.07. The molecule has 3 aromatic rings. The summed E-state index contributed by atoms with van der Waals surface area (Å²) in [6.07, 6.45) is 1.73.